The number of methoxy groups -OCH3 is 1. The normalized spacial score (nSPS) is 15.6. The molecule has 4 rings (SSSR count). The highest BCUT2D eigenvalue weighted by Gasteiger charge is 2.22. The Balaban J connectivity index is 1.76. The molecule has 0 fully saturated rings. The average molecular weight is 402 g/mol. The second kappa shape index (κ2) is 6.99. The van der Waals surface area contributed by atoms with Gasteiger partial charge in [0.2, 0.25) is 10.0 Å². The molecule has 0 saturated carbocycles. The molecule has 0 radical (unpaired) electrons. The summed E-state index contributed by atoms with van der Waals surface area (Å²) in [4.78, 5) is 11.8. The number of hydrogen-bond donors (Lipinski definition) is 1. The van der Waals surface area contributed by atoms with E-state index in [4.69, 9.17) is 4.74 Å². The third kappa shape index (κ3) is 3.27. The molecular formula is C19H19FN4O3S. The quantitative estimate of drug-likeness (QED) is 0.725. The number of nitrogens with one attached hydrogen (secondary N) is 1. The summed E-state index contributed by atoms with van der Waals surface area (Å²) in [6.45, 7) is 0.746. The first kappa shape index (κ1) is 18.6. The Hall–Kier alpha value is -2.78. The lowest BCUT2D eigenvalue weighted by Gasteiger charge is -2.23. The fraction of sp³-hybridized carbons (Fsp3) is 0.263. The van der Waals surface area contributed by atoms with Gasteiger partial charge in [0.1, 0.15) is 12.0 Å². The molecular weight excluding hydrogens is 383 g/mol. The third-order valence-corrected chi connectivity index (χ3v) is 6.12. The molecule has 2 aromatic heterocycles. The zero-order valence-electron chi connectivity index (χ0n) is 15.4. The first-order valence-corrected chi connectivity index (χ1v) is 10.5. The summed E-state index contributed by atoms with van der Waals surface area (Å²) in [7, 11) is -1.79. The van der Waals surface area contributed by atoms with E-state index in [9.17, 15) is 12.8 Å². The van der Waals surface area contributed by atoms with Crippen LogP contribution in [0.5, 0.6) is 5.75 Å². The minimum absolute atomic E-state index is 0.149. The van der Waals surface area contributed by atoms with Gasteiger partial charge in [-0.25, -0.2) is 22.8 Å². The van der Waals surface area contributed by atoms with Gasteiger partial charge < -0.3 is 9.72 Å². The summed E-state index contributed by atoms with van der Waals surface area (Å²) in [5.41, 5.74) is 3.22. The van der Waals surface area contributed by atoms with E-state index in [0.29, 0.717) is 41.8 Å². The Bertz CT molecular complexity index is 1190. The Morgan fingerprint density at radius 3 is 2.79 bits per heavy atom. The van der Waals surface area contributed by atoms with Crippen molar-refractivity contribution >= 4 is 26.6 Å². The minimum Gasteiger partial charge on any atom is -0.494 e. The molecule has 9 heteroatoms. The molecule has 0 atom stereocenters. The molecule has 7 nitrogen and oxygen atoms in total. The predicted molar refractivity (Wildman–Crippen MR) is 105 cm³/mol. The second-order valence-corrected chi connectivity index (χ2v) is 8.57. The maximum Gasteiger partial charge on any atom is 0.211 e. The van der Waals surface area contributed by atoms with Gasteiger partial charge in [0.25, 0.3) is 0 Å². The number of halogens is 1. The van der Waals surface area contributed by atoms with Gasteiger partial charge in [-0.05, 0) is 30.2 Å². The van der Waals surface area contributed by atoms with Gasteiger partial charge >= 0.3 is 0 Å². The van der Waals surface area contributed by atoms with Crippen LogP contribution in [0.4, 0.5) is 4.39 Å². The van der Waals surface area contributed by atoms with Crippen LogP contribution in [0, 0.1) is 5.82 Å². The number of ether oxygens (including phenoxy) is 1. The van der Waals surface area contributed by atoms with E-state index < -0.39 is 15.8 Å². The van der Waals surface area contributed by atoms with Crippen LogP contribution in [0.1, 0.15) is 12.1 Å². The van der Waals surface area contributed by atoms with E-state index in [1.807, 2.05) is 12.1 Å². The summed E-state index contributed by atoms with van der Waals surface area (Å²) >= 11 is 0. The van der Waals surface area contributed by atoms with Gasteiger partial charge in [0.05, 0.1) is 19.1 Å². The van der Waals surface area contributed by atoms with Crippen LogP contribution in [0.25, 0.3) is 27.9 Å². The number of sulfonamides is 1. The molecule has 0 saturated heterocycles. The number of nitrogens with zero attached hydrogens (tertiary/aromatic N) is 3. The van der Waals surface area contributed by atoms with Crippen molar-refractivity contribution in [1.29, 1.82) is 0 Å². The van der Waals surface area contributed by atoms with Gasteiger partial charge in [-0.2, -0.15) is 4.31 Å². The number of aromatic nitrogens is 3. The molecule has 0 amide bonds. The van der Waals surface area contributed by atoms with Crippen molar-refractivity contribution < 1.29 is 17.5 Å². The highest BCUT2D eigenvalue weighted by atomic mass is 32.2. The van der Waals surface area contributed by atoms with Crippen molar-refractivity contribution in [3.8, 4) is 17.0 Å². The monoisotopic (exact) mass is 402 g/mol. The largest absolute Gasteiger partial charge is 0.494 e. The van der Waals surface area contributed by atoms with E-state index in [0.717, 1.165) is 11.3 Å². The maximum absolute atomic E-state index is 14.7. The molecule has 1 aliphatic rings. The van der Waals surface area contributed by atoms with Gasteiger partial charge in [-0.3, -0.25) is 0 Å². The van der Waals surface area contributed by atoms with Crippen molar-refractivity contribution in [2.24, 2.45) is 0 Å². The van der Waals surface area contributed by atoms with Crippen LogP contribution < -0.4 is 4.74 Å². The first-order valence-electron chi connectivity index (χ1n) is 8.69. The van der Waals surface area contributed by atoms with Crippen molar-refractivity contribution in [1.82, 2.24) is 19.3 Å². The fourth-order valence-corrected chi connectivity index (χ4v) is 4.14. The number of aromatic amines is 1. The summed E-state index contributed by atoms with van der Waals surface area (Å²) in [5.74, 6) is -0.329. The molecule has 28 heavy (non-hydrogen) atoms. The van der Waals surface area contributed by atoms with Gasteiger partial charge in [0, 0.05) is 29.7 Å². The number of hydrogen-bond acceptors (Lipinski definition) is 5. The van der Waals surface area contributed by atoms with Gasteiger partial charge in [-0.1, -0.05) is 12.1 Å². The van der Waals surface area contributed by atoms with Crippen molar-refractivity contribution in [3.63, 3.8) is 0 Å². The number of rotatable bonds is 4. The number of fused-ring (bicyclic) bond motifs is 1. The standard InChI is InChI=1S/C19H19FN4O3S/c1-27-16-5-3-4-13(17(16)20)18-14-10-15(23-19(14)22-11-21-18)12-6-8-24(9-7-12)28(2,25)26/h3-6,10-11H,7-9H2,1-2H3,(H,21,22,23). The van der Waals surface area contributed by atoms with E-state index in [1.54, 1.807) is 18.2 Å². The Labute approximate surface area is 161 Å². The zero-order chi connectivity index (χ0) is 19.9. The minimum atomic E-state index is -3.21. The van der Waals surface area contributed by atoms with Crippen molar-refractivity contribution in [2.45, 2.75) is 6.42 Å². The Kier molecular flexibility index (Phi) is 4.64. The van der Waals surface area contributed by atoms with Gasteiger partial charge in [0.15, 0.2) is 11.6 Å². The highest BCUT2D eigenvalue weighted by molar-refractivity contribution is 7.88. The van der Waals surface area contributed by atoms with E-state index >= 15 is 0 Å². The van der Waals surface area contributed by atoms with Crippen molar-refractivity contribution in [2.75, 3.05) is 26.5 Å². The van der Waals surface area contributed by atoms with Crippen LogP contribution in [-0.2, 0) is 10.0 Å². The van der Waals surface area contributed by atoms with E-state index in [-0.39, 0.29) is 5.75 Å². The smallest absolute Gasteiger partial charge is 0.211 e. The Morgan fingerprint density at radius 1 is 1.29 bits per heavy atom. The van der Waals surface area contributed by atoms with Crippen LogP contribution in [0.3, 0.4) is 0 Å². The van der Waals surface area contributed by atoms with Crippen LogP contribution in [-0.4, -0.2) is 54.1 Å². The topological polar surface area (TPSA) is 88.2 Å². The predicted octanol–water partition coefficient (Wildman–Crippen LogP) is 2.82. The number of H-pyrrole nitrogens is 1. The summed E-state index contributed by atoms with van der Waals surface area (Å²) in [5, 5.41) is 0.691. The molecule has 0 unspecified atom stereocenters. The van der Waals surface area contributed by atoms with E-state index in [2.05, 4.69) is 15.0 Å². The SMILES string of the molecule is COc1cccc(-c2ncnc3[nH]c(C4=CCN(S(C)(=O)=O)CC4)cc23)c1F. The highest BCUT2D eigenvalue weighted by Crippen LogP contribution is 2.33. The molecule has 0 spiro atoms. The second-order valence-electron chi connectivity index (χ2n) is 6.59. The van der Waals surface area contributed by atoms with Crippen LogP contribution in [0.15, 0.2) is 36.7 Å². The maximum atomic E-state index is 14.7. The molecule has 1 aliphatic heterocycles. The van der Waals surface area contributed by atoms with Crippen LogP contribution in [0.2, 0.25) is 0 Å². The fourth-order valence-electron chi connectivity index (χ4n) is 3.38. The average Bonchev–Trinajstić information content (AvgIpc) is 3.12. The molecule has 3 aromatic rings. The number of benzene rings is 1. The molecule has 0 bridgehead atoms. The summed E-state index contributed by atoms with van der Waals surface area (Å²) in [6.07, 6.45) is 5.06. The molecule has 0 aliphatic carbocycles. The van der Waals surface area contributed by atoms with Crippen molar-refractivity contribution in [3.05, 3.63) is 48.2 Å². The summed E-state index contributed by atoms with van der Waals surface area (Å²) < 4.78 is 44.6. The first-order chi connectivity index (χ1) is 13.4. The molecule has 1 aromatic carbocycles. The molecule has 146 valence electrons. The molecule has 1 N–H and O–H groups in total. The van der Waals surface area contributed by atoms with E-state index in [1.165, 1.54) is 24.0 Å². The lowest BCUT2D eigenvalue weighted by molar-refractivity contribution is 0.387. The lowest BCUT2D eigenvalue weighted by atomic mass is 10.0. The third-order valence-electron chi connectivity index (χ3n) is 4.85. The molecule has 3 heterocycles. The van der Waals surface area contributed by atoms with Crippen LogP contribution >= 0.6 is 0 Å². The van der Waals surface area contributed by atoms with Gasteiger partial charge in [-0.15, -0.1) is 0 Å². The zero-order valence-corrected chi connectivity index (χ0v) is 16.3. The lowest BCUT2D eigenvalue weighted by Crippen LogP contribution is -2.33. The Morgan fingerprint density at radius 2 is 2.11 bits per heavy atom. The summed E-state index contributed by atoms with van der Waals surface area (Å²) in [6, 6.07) is 6.80.